The van der Waals surface area contributed by atoms with E-state index >= 15 is 0 Å². The Hall–Kier alpha value is -1.83. The fourth-order valence-electron chi connectivity index (χ4n) is 3.05. The molecule has 2 aliphatic rings. The van der Waals surface area contributed by atoms with E-state index in [2.05, 4.69) is 5.32 Å². The summed E-state index contributed by atoms with van der Waals surface area (Å²) in [6, 6.07) is 12.9. The third kappa shape index (κ3) is 2.72. The van der Waals surface area contributed by atoms with Crippen molar-refractivity contribution < 1.29 is 13.2 Å². The number of fused-ring (bicyclic) bond motifs is 2. The van der Waals surface area contributed by atoms with Gasteiger partial charge in [0.05, 0.1) is 16.3 Å². The van der Waals surface area contributed by atoms with Gasteiger partial charge in [0.15, 0.2) is 0 Å². The predicted octanol–water partition coefficient (Wildman–Crippen LogP) is 2.48. The highest BCUT2D eigenvalue weighted by molar-refractivity contribution is 8.00. The van der Waals surface area contributed by atoms with Crippen LogP contribution in [-0.4, -0.2) is 30.9 Å². The molecule has 2 aromatic carbocycles. The van der Waals surface area contributed by atoms with E-state index in [1.165, 1.54) is 21.6 Å². The first-order valence-corrected chi connectivity index (χ1v) is 10.1. The molecule has 1 amide bonds. The lowest BCUT2D eigenvalue weighted by atomic mass is 10.0. The molecule has 0 bridgehead atoms. The van der Waals surface area contributed by atoms with Crippen molar-refractivity contribution in [2.24, 2.45) is 0 Å². The van der Waals surface area contributed by atoms with Gasteiger partial charge in [0, 0.05) is 18.0 Å². The topological polar surface area (TPSA) is 66.5 Å². The number of sulfonamides is 1. The van der Waals surface area contributed by atoms with E-state index in [1.54, 1.807) is 18.2 Å². The smallest absolute Gasteiger partial charge is 0.243 e. The third-order valence-electron chi connectivity index (χ3n) is 4.32. The van der Waals surface area contributed by atoms with Crippen molar-refractivity contribution in [2.45, 2.75) is 22.8 Å². The number of hydrogen-bond acceptors (Lipinski definition) is 4. The maximum atomic E-state index is 13.0. The Morgan fingerprint density at radius 2 is 1.88 bits per heavy atom. The van der Waals surface area contributed by atoms with Crippen molar-refractivity contribution in [3.8, 4) is 0 Å². The molecule has 4 rings (SSSR count). The molecule has 24 heavy (non-hydrogen) atoms. The fourth-order valence-corrected chi connectivity index (χ4v) is 5.28. The lowest BCUT2D eigenvalue weighted by Crippen LogP contribution is -2.36. The number of amides is 1. The summed E-state index contributed by atoms with van der Waals surface area (Å²) in [5, 5.41) is 2.75. The average molecular weight is 360 g/mol. The van der Waals surface area contributed by atoms with Gasteiger partial charge >= 0.3 is 0 Å². The molecule has 7 heteroatoms. The predicted molar refractivity (Wildman–Crippen MR) is 93.5 cm³/mol. The molecule has 2 heterocycles. The van der Waals surface area contributed by atoms with Crippen LogP contribution in [0, 0.1) is 0 Å². The summed E-state index contributed by atoms with van der Waals surface area (Å²) in [6.07, 6.45) is 0.715. The molecule has 0 atom stereocenters. The minimum Gasteiger partial charge on any atom is -0.324 e. The zero-order chi connectivity index (χ0) is 16.7. The first-order valence-electron chi connectivity index (χ1n) is 7.68. The Kier molecular flexibility index (Phi) is 3.86. The van der Waals surface area contributed by atoms with Crippen molar-refractivity contribution in [1.29, 1.82) is 0 Å². The van der Waals surface area contributed by atoms with Crippen LogP contribution < -0.4 is 5.32 Å². The summed E-state index contributed by atoms with van der Waals surface area (Å²) in [5.74, 6) is 0.260. The maximum Gasteiger partial charge on any atom is 0.243 e. The first kappa shape index (κ1) is 15.7. The molecular weight excluding hydrogens is 344 g/mol. The summed E-state index contributed by atoms with van der Waals surface area (Å²) in [7, 11) is -3.58. The molecule has 0 fully saturated rings. The van der Waals surface area contributed by atoms with Gasteiger partial charge in [-0.15, -0.1) is 11.8 Å². The number of hydrogen-bond donors (Lipinski definition) is 1. The van der Waals surface area contributed by atoms with E-state index in [1.807, 2.05) is 24.3 Å². The average Bonchev–Trinajstić information content (AvgIpc) is 2.60. The second-order valence-corrected chi connectivity index (χ2v) is 8.81. The molecular formula is C17H16N2O3S2. The monoisotopic (exact) mass is 360 g/mol. The van der Waals surface area contributed by atoms with E-state index in [-0.39, 0.29) is 10.8 Å². The minimum atomic E-state index is -3.58. The molecule has 0 spiro atoms. The lowest BCUT2D eigenvalue weighted by molar-refractivity contribution is -0.113. The van der Waals surface area contributed by atoms with E-state index in [0.717, 1.165) is 10.5 Å². The number of nitrogens with zero attached hydrogens (tertiary/aromatic N) is 1. The molecule has 124 valence electrons. The van der Waals surface area contributed by atoms with Crippen molar-refractivity contribution in [3.63, 3.8) is 0 Å². The van der Waals surface area contributed by atoms with Crippen LogP contribution in [0.4, 0.5) is 5.69 Å². The summed E-state index contributed by atoms with van der Waals surface area (Å²) < 4.78 is 27.5. The highest BCUT2D eigenvalue weighted by Crippen LogP contribution is 2.34. The van der Waals surface area contributed by atoms with Crippen LogP contribution in [-0.2, 0) is 27.8 Å². The van der Waals surface area contributed by atoms with Crippen molar-refractivity contribution in [3.05, 3.63) is 53.6 Å². The highest BCUT2D eigenvalue weighted by Gasteiger charge is 2.29. The Balaban J connectivity index is 1.66. The van der Waals surface area contributed by atoms with Gasteiger partial charge in [-0.1, -0.05) is 24.3 Å². The molecule has 0 saturated carbocycles. The summed E-state index contributed by atoms with van der Waals surface area (Å²) >= 11 is 1.42. The Morgan fingerprint density at radius 3 is 2.71 bits per heavy atom. The zero-order valence-corrected chi connectivity index (χ0v) is 14.5. The maximum absolute atomic E-state index is 13.0. The van der Waals surface area contributed by atoms with Crippen LogP contribution in [0.1, 0.15) is 11.1 Å². The van der Waals surface area contributed by atoms with Gasteiger partial charge in [0.1, 0.15) is 0 Å². The lowest BCUT2D eigenvalue weighted by Gasteiger charge is -2.28. The Bertz CT molecular complexity index is 925. The van der Waals surface area contributed by atoms with Crippen LogP contribution >= 0.6 is 11.8 Å². The van der Waals surface area contributed by atoms with Gasteiger partial charge in [-0.2, -0.15) is 4.31 Å². The van der Waals surface area contributed by atoms with Gasteiger partial charge in [0.2, 0.25) is 15.9 Å². The number of thioether (sulfide) groups is 1. The fraction of sp³-hybridized carbons (Fsp3) is 0.235. The van der Waals surface area contributed by atoms with Gasteiger partial charge in [-0.3, -0.25) is 4.79 Å². The van der Waals surface area contributed by atoms with Gasteiger partial charge in [0.25, 0.3) is 0 Å². The number of carbonyl (C=O) groups is 1. The molecule has 0 radical (unpaired) electrons. The summed E-state index contributed by atoms with van der Waals surface area (Å²) in [4.78, 5) is 12.7. The molecule has 0 aromatic heterocycles. The number of benzene rings is 2. The summed E-state index contributed by atoms with van der Waals surface area (Å²) in [6.45, 7) is 0.855. The number of carbonyl (C=O) groups excluding carboxylic acids is 1. The van der Waals surface area contributed by atoms with Crippen molar-refractivity contribution in [1.82, 2.24) is 4.31 Å². The zero-order valence-electron chi connectivity index (χ0n) is 12.9. The second-order valence-electron chi connectivity index (χ2n) is 5.85. The van der Waals surface area contributed by atoms with Crippen LogP contribution in [0.5, 0.6) is 0 Å². The quantitative estimate of drug-likeness (QED) is 0.893. The van der Waals surface area contributed by atoms with Crippen LogP contribution in [0.25, 0.3) is 0 Å². The van der Waals surface area contributed by atoms with Gasteiger partial charge < -0.3 is 5.32 Å². The van der Waals surface area contributed by atoms with Gasteiger partial charge in [-0.25, -0.2) is 8.42 Å². The van der Waals surface area contributed by atoms with Gasteiger partial charge in [-0.05, 0) is 35.7 Å². The molecule has 5 nitrogen and oxygen atoms in total. The molecule has 2 aromatic rings. The molecule has 2 aliphatic heterocycles. The third-order valence-corrected chi connectivity index (χ3v) is 7.23. The summed E-state index contributed by atoms with van der Waals surface area (Å²) in [5.41, 5.74) is 2.84. The van der Waals surface area contributed by atoms with Crippen LogP contribution in [0.2, 0.25) is 0 Å². The van der Waals surface area contributed by atoms with Crippen molar-refractivity contribution >= 4 is 33.4 Å². The molecule has 1 N–H and O–H groups in total. The SMILES string of the molecule is O=C1CSc2ccc(S(=O)(=O)N3CCc4ccccc4C3)cc2N1. The number of nitrogens with one attached hydrogen (secondary N) is 1. The Labute approximate surface area is 145 Å². The normalized spacial score (nSPS) is 17.8. The molecule has 0 saturated heterocycles. The molecule has 0 aliphatic carbocycles. The highest BCUT2D eigenvalue weighted by atomic mass is 32.2. The first-order chi connectivity index (χ1) is 11.5. The van der Waals surface area contributed by atoms with Crippen LogP contribution in [0.3, 0.4) is 0 Å². The van der Waals surface area contributed by atoms with E-state index in [4.69, 9.17) is 0 Å². The number of rotatable bonds is 2. The van der Waals surface area contributed by atoms with E-state index in [9.17, 15) is 13.2 Å². The Morgan fingerprint density at radius 1 is 1.08 bits per heavy atom. The minimum absolute atomic E-state index is 0.103. The van der Waals surface area contributed by atoms with E-state index < -0.39 is 10.0 Å². The van der Waals surface area contributed by atoms with E-state index in [0.29, 0.717) is 31.0 Å². The second kappa shape index (κ2) is 5.91. The van der Waals surface area contributed by atoms with Crippen LogP contribution in [0.15, 0.2) is 52.3 Å². The molecule has 0 unspecified atom stereocenters. The standard InChI is InChI=1S/C17H16N2O3S2/c20-17-11-23-16-6-5-14(9-15(16)18-17)24(21,22)19-8-7-12-3-1-2-4-13(12)10-19/h1-6,9H,7-8,10-11H2,(H,18,20). The van der Waals surface area contributed by atoms with Crippen molar-refractivity contribution in [2.75, 3.05) is 17.6 Å². The largest absolute Gasteiger partial charge is 0.324 e. The number of anilines is 1.